The molecular formula is C15H21N5O3. The van der Waals surface area contributed by atoms with Crippen LogP contribution in [0.1, 0.15) is 29.3 Å². The number of ether oxygens (including phenoxy) is 1. The molecule has 0 aliphatic carbocycles. The van der Waals surface area contributed by atoms with Gasteiger partial charge in [-0.2, -0.15) is 0 Å². The summed E-state index contributed by atoms with van der Waals surface area (Å²) in [5.41, 5.74) is 0. The first-order valence-electron chi connectivity index (χ1n) is 7.65. The first kappa shape index (κ1) is 15.5. The third kappa shape index (κ3) is 2.94. The lowest BCUT2D eigenvalue weighted by Gasteiger charge is -2.40. The summed E-state index contributed by atoms with van der Waals surface area (Å²) >= 11 is 0. The van der Waals surface area contributed by atoms with Crippen molar-refractivity contribution in [3.8, 4) is 5.88 Å². The van der Waals surface area contributed by atoms with Crippen LogP contribution >= 0.6 is 0 Å². The summed E-state index contributed by atoms with van der Waals surface area (Å²) in [4.78, 5) is 21.2. The minimum atomic E-state index is -0.171. The van der Waals surface area contributed by atoms with Gasteiger partial charge < -0.3 is 18.7 Å². The Morgan fingerprint density at radius 1 is 1.48 bits per heavy atom. The van der Waals surface area contributed by atoms with E-state index in [2.05, 4.69) is 22.0 Å². The number of imidazole rings is 1. The fourth-order valence-corrected chi connectivity index (χ4v) is 2.94. The standard InChI is InChI=1S/C15H21N5O3/c1-4-19-7-8-20(10-11(19)14-16-5-6-18(14)2)15(21)12-9-13(22-3)17-23-12/h5-6,9,11H,4,7-8,10H2,1-3H3. The molecule has 2 aromatic heterocycles. The third-order valence-corrected chi connectivity index (χ3v) is 4.25. The summed E-state index contributed by atoms with van der Waals surface area (Å²) in [6, 6.07) is 1.59. The van der Waals surface area contributed by atoms with Crippen molar-refractivity contribution in [2.24, 2.45) is 7.05 Å². The molecule has 0 spiro atoms. The summed E-state index contributed by atoms with van der Waals surface area (Å²) in [6.45, 7) is 5.05. The Kier molecular flexibility index (Phi) is 4.33. The number of aryl methyl sites for hydroxylation is 1. The Hall–Kier alpha value is -2.35. The number of nitrogens with zero attached hydrogens (tertiary/aromatic N) is 5. The molecule has 3 heterocycles. The predicted octanol–water partition coefficient (Wildman–Crippen LogP) is 0.936. The van der Waals surface area contributed by atoms with E-state index >= 15 is 0 Å². The molecule has 1 aliphatic rings. The molecule has 0 bridgehead atoms. The zero-order chi connectivity index (χ0) is 16.4. The molecule has 0 aromatic carbocycles. The van der Waals surface area contributed by atoms with Gasteiger partial charge >= 0.3 is 0 Å². The molecule has 1 amide bonds. The van der Waals surface area contributed by atoms with Gasteiger partial charge in [0.1, 0.15) is 5.82 Å². The quantitative estimate of drug-likeness (QED) is 0.834. The van der Waals surface area contributed by atoms with Gasteiger partial charge in [-0.25, -0.2) is 4.98 Å². The van der Waals surface area contributed by atoms with Crippen LogP contribution in [0.5, 0.6) is 5.88 Å². The van der Waals surface area contributed by atoms with Crippen molar-refractivity contribution >= 4 is 5.91 Å². The zero-order valence-electron chi connectivity index (χ0n) is 13.6. The van der Waals surface area contributed by atoms with E-state index in [1.54, 1.807) is 11.1 Å². The molecule has 8 nitrogen and oxygen atoms in total. The summed E-state index contributed by atoms with van der Waals surface area (Å²) < 4.78 is 12.0. The average Bonchev–Trinajstić information content (AvgIpc) is 3.22. The highest BCUT2D eigenvalue weighted by atomic mass is 16.5. The van der Waals surface area contributed by atoms with Crippen molar-refractivity contribution in [3.63, 3.8) is 0 Å². The van der Waals surface area contributed by atoms with E-state index in [0.29, 0.717) is 19.0 Å². The van der Waals surface area contributed by atoms with Crippen LogP contribution in [-0.4, -0.2) is 63.7 Å². The zero-order valence-corrected chi connectivity index (χ0v) is 13.6. The van der Waals surface area contributed by atoms with E-state index < -0.39 is 0 Å². The van der Waals surface area contributed by atoms with Crippen LogP contribution in [0.2, 0.25) is 0 Å². The van der Waals surface area contributed by atoms with Crippen LogP contribution in [-0.2, 0) is 7.05 Å². The SMILES string of the molecule is CCN1CCN(C(=O)c2cc(OC)no2)CC1c1nccn1C. The highest BCUT2D eigenvalue weighted by Gasteiger charge is 2.33. The van der Waals surface area contributed by atoms with Crippen molar-refractivity contribution in [2.75, 3.05) is 33.3 Å². The first-order chi connectivity index (χ1) is 11.1. The maximum Gasteiger partial charge on any atom is 0.292 e. The van der Waals surface area contributed by atoms with Crippen LogP contribution < -0.4 is 4.74 Å². The van der Waals surface area contributed by atoms with Gasteiger partial charge in [0, 0.05) is 39.1 Å². The van der Waals surface area contributed by atoms with E-state index in [9.17, 15) is 4.79 Å². The number of amides is 1. The Morgan fingerprint density at radius 3 is 2.91 bits per heavy atom. The van der Waals surface area contributed by atoms with Gasteiger partial charge in [-0.05, 0) is 11.7 Å². The molecule has 0 saturated carbocycles. The number of likely N-dealkylation sites (N-methyl/N-ethyl adjacent to an activating group) is 1. The lowest BCUT2D eigenvalue weighted by Crippen LogP contribution is -2.50. The van der Waals surface area contributed by atoms with Crippen molar-refractivity contribution < 1.29 is 14.1 Å². The Morgan fingerprint density at radius 2 is 2.30 bits per heavy atom. The number of hydrogen-bond donors (Lipinski definition) is 0. The van der Waals surface area contributed by atoms with Crippen LogP contribution in [0, 0.1) is 0 Å². The van der Waals surface area contributed by atoms with E-state index in [1.807, 2.05) is 17.8 Å². The molecule has 1 saturated heterocycles. The summed E-state index contributed by atoms with van der Waals surface area (Å²) in [7, 11) is 3.46. The Bertz CT molecular complexity index is 680. The highest BCUT2D eigenvalue weighted by Crippen LogP contribution is 2.25. The Labute approximate surface area is 134 Å². The third-order valence-electron chi connectivity index (χ3n) is 4.25. The molecule has 1 fully saturated rings. The number of aromatic nitrogens is 3. The highest BCUT2D eigenvalue weighted by molar-refractivity contribution is 5.91. The van der Waals surface area contributed by atoms with Crippen molar-refractivity contribution in [2.45, 2.75) is 13.0 Å². The van der Waals surface area contributed by atoms with Gasteiger partial charge in [0.25, 0.3) is 11.8 Å². The normalized spacial score (nSPS) is 19.1. The van der Waals surface area contributed by atoms with Crippen LogP contribution in [0.3, 0.4) is 0 Å². The molecule has 0 radical (unpaired) electrons. The van der Waals surface area contributed by atoms with E-state index in [0.717, 1.165) is 18.9 Å². The van der Waals surface area contributed by atoms with Gasteiger partial charge in [0.2, 0.25) is 5.76 Å². The number of piperazine rings is 1. The van der Waals surface area contributed by atoms with Crippen molar-refractivity contribution in [1.29, 1.82) is 0 Å². The Balaban J connectivity index is 1.79. The molecule has 124 valence electrons. The summed E-state index contributed by atoms with van der Waals surface area (Å²) in [5, 5.41) is 3.69. The molecule has 1 unspecified atom stereocenters. The van der Waals surface area contributed by atoms with Gasteiger partial charge in [0.05, 0.1) is 19.2 Å². The molecule has 3 rings (SSSR count). The topological polar surface area (TPSA) is 76.6 Å². The predicted molar refractivity (Wildman–Crippen MR) is 82.2 cm³/mol. The number of carbonyl (C=O) groups is 1. The van der Waals surface area contributed by atoms with Crippen molar-refractivity contribution in [3.05, 3.63) is 30.0 Å². The number of methoxy groups -OCH3 is 1. The minimum Gasteiger partial charge on any atom is -0.479 e. The molecule has 0 N–H and O–H groups in total. The smallest absolute Gasteiger partial charge is 0.292 e. The molecule has 8 heteroatoms. The molecule has 2 aromatic rings. The van der Waals surface area contributed by atoms with Gasteiger partial charge in [-0.15, -0.1) is 0 Å². The summed E-state index contributed by atoms with van der Waals surface area (Å²) in [6.07, 6.45) is 3.70. The minimum absolute atomic E-state index is 0.0718. The number of hydrogen-bond acceptors (Lipinski definition) is 6. The largest absolute Gasteiger partial charge is 0.479 e. The van der Waals surface area contributed by atoms with Gasteiger partial charge in [0.15, 0.2) is 0 Å². The molecular weight excluding hydrogens is 298 g/mol. The molecule has 23 heavy (non-hydrogen) atoms. The van der Waals surface area contributed by atoms with Gasteiger partial charge in [-0.3, -0.25) is 9.69 Å². The molecule has 1 aliphatic heterocycles. The monoisotopic (exact) mass is 319 g/mol. The van der Waals surface area contributed by atoms with E-state index in [1.165, 1.54) is 13.2 Å². The maximum absolute atomic E-state index is 12.6. The first-order valence-corrected chi connectivity index (χ1v) is 7.65. The van der Waals surface area contributed by atoms with Crippen LogP contribution in [0.4, 0.5) is 0 Å². The second-order valence-corrected chi connectivity index (χ2v) is 5.53. The summed E-state index contributed by atoms with van der Waals surface area (Å²) in [5.74, 6) is 1.29. The van der Waals surface area contributed by atoms with Crippen LogP contribution in [0.15, 0.2) is 23.0 Å². The fourth-order valence-electron chi connectivity index (χ4n) is 2.94. The second-order valence-electron chi connectivity index (χ2n) is 5.53. The number of carbonyl (C=O) groups excluding carboxylic acids is 1. The second kappa shape index (κ2) is 6.41. The van der Waals surface area contributed by atoms with Crippen LogP contribution in [0.25, 0.3) is 0 Å². The lowest BCUT2D eigenvalue weighted by molar-refractivity contribution is 0.0438. The lowest BCUT2D eigenvalue weighted by atomic mass is 10.1. The average molecular weight is 319 g/mol. The van der Waals surface area contributed by atoms with E-state index in [-0.39, 0.29) is 17.7 Å². The van der Waals surface area contributed by atoms with Crippen molar-refractivity contribution in [1.82, 2.24) is 24.5 Å². The van der Waals surface area contributed by atoms with Gasteiger partial charge in [-0.1, -0.05) is 6.92 Å². The maximum atomic E-state index is 12.6. The fraction of sp³-hybridized carbons (Fsp3) is 0.533. The molecule has 1 atom stereocenters. The van der Waals surface area contributed by atoms with E-state index in [4.69, 9.17) is 9.26 Å². The number of rotatable bonds is 4.